The number of benzene rings is 3. The van der Waals surface area contributed by atoms with Crippen molar-refractivity contribution in [2.75, 3.05) is 91.5 Å². The summed E-state index contributed by atoms with van der Waals surface area (Å²) < 4.78 is 12.3. The molecule has 0 unspecified atom stereocenters. The first-order valence-electron chi connectivity index (χ1n) is 25.4. The van der Waals surface area contributed by atoms with E-state index < -0.39 is 0 Å². The van der Waals surface area contributed by atoms with Gasteiger partial charge in [0.1, 0.15) is 29.9 Å². The predicted octanol–water partition coefficient (Wildman–Crippen LogP) is 7.25. The molecule has 2 amide bonds. The number of piperazine rings is 1. The van der Waals surface area contributed by atoms with Crippen LogP contribution >= 0.6 is 11.6 Å². The van der Waals surface area contributed by atoms with Crippen molar-refractivity contribution in [1.29, 1.82) is 5.26 Å². The third-order valence-corrected chi connectivity index (χ3v) is 15.3. The van der Waals surface area contributed by atoms with Crippen LogP contribution in [0.15, 0.2) is 60.8 Å². The maximum absolute atomic E-state index is 13.5. The molecule has 18 heteroatoms. The Morgan fingerprint density at radius 3 is 2.65 bits per heavy atom. The molecule has 6 heterocycles. The lowest BCUT2D eigenvalue weighted by atomic mass is 10.0. The van der Waals surface area contributed by atoms with E-state index in [4.69, 9.17) is 36.0 Å². The average Bonchev–Trinajstić information content (AvgIpc) is 4.10. The topological polar surface area (TPSA) is 180 Å². The summed E-state index contributed by atoms with van der Waals surface area (Å²) in [6.07, 6.45) is 10.8. The van der Waals surface area contributed by atoms with Gasteiger partial charge in [0.25, 0.3) is 5.91 Å². The molecule has 10 rings (SSSR count). The highest BCUT2D eigenvalue weighted by molar-refractivity contribution is 6.36. The lowest BCUT2D eigenvalue weighted by Gasteiger charge is -2.43. The summed E-state index contributed by atoms with van der Waals surface area (Å²) >= 11 is 6.80. The van der Waals surface area contributed by atoms with E-state index in [1.54, 1.807) is 37.4 Å². The van der Waals surface area contributed by atoms with Crippen LogP contribution in [0.5, 0.6) is 11.8 Å². The molecule has 0 radical (unpaired) electrons. The van der Waals surface area contributed by atoms with Gasteiger partial charge in [0.05, 0.1) is 48.7 Å². The molecule has 71 heavy (non-hydrogen) atoms. The smallest absolute Gasteiger partial charge is 0.318 e. The first-order chi connectivity index (χ1) is 34.7. The highest BCUT2D eigenvalue weighted by Crippen LogP contribution is 2.41. The first-order valence-corrected chi connectivity index (χ1v) is 25.8. The van der Waals surface area contributed by atoms with Crippen LogP contribution in [0.2, 0.25) is 5.02 Å². The van der Waals surface area contributed by atoms with E-state index in [2.05, 4.69) is 77.8 Å². The number of amides is 2. The molecule has 1 aliphatic carbocycles. The highest BCUT2D eigenvalue weighted by atomic mass is 35.5. The zero-order chi connectivity index (χ0) is 49.0. The number of nitriles is 1. The Labute approximate surface area is 420 Å². The van der Waals surface area contributed by atoms with E-state index in [0.717, 1.165) is 128 Å². The standard InChI is InChI=1S/C53H64ClN13O4/c1-4-43-51(69)63(2)45-30-58-52(61-49(45)67(43)37-13-5-6-14-37)59-41-19-18-35(29-46(41)70-3)50(68)57-23-10-26-64-25-9-15-38(64)33-71-53-60-42-32-65(44-17-8-12-34-11-7-16-40(54)47(34)44)27-21-39(42)48(62-53)66-28-24-56-36(31-66)20-22-55/h7-8,11-12,16-19,29-30,36-38,43,56H,4-6,9-10,13-15,20-21,23-28,31-33H2,1-3H3,(H,57,68)(H,58,59,61)/t36-,38-,43+/m0/s1. The van der Waals surface area contributed by atoms with Crippen molar-refractivity contribution >= 4 is 68.8 Å². The number of aromatic nitrogens is 4. The molecule has 4 aliphatic heterocycles. The number of ether oxygens (including phenoxy) is 2. The number of carbonyl (C=O) groups is 2. The number of methoxy groups -OCH3 is 1. The Hall–Kier alpha value is -6.48. The molecule has 0 bridgehead atoms. The molecule has 3 fully saturated rings. The average molecular weight is 983 g/mol. The third kappa shape index (κ3) is 10.1. The number of carbonyl (C=O) groups excluding carboxylic acids is 2. The number of hydrogen-bond acceptors (Lipinski definition) is 15. The van der Waals surface area contributed by atoms with Gasteiger partial charge in [0.15, 0.2) is 5.82 Å². The highest BCUT2D eigenvalue weighted by Gasteiger charge is 2.41. The summed E-state index contributed by atoms with van der Waals surface area (Å²) in [5.41, 5.74) is 4.99. The lowest BCUT2D eigenvalue weighted by Crippen LogP contribution is -2.55. The second kappa shape index (κ2) is 21.5. The van der Waals surface area contributed by atoms with E-state index in [1.807, 2.05) is 18.2 Å². The van der Waals surface area contributed by atoms with Crippen LogP contribution in [0.4, 0.5) is 34.6 Å². The Kier molecular flexibility index (Phi) is 14.6. The number of nitrogens with one attached hydrogen (secondary N) is 3. The fourth-order valence-electron chi connectivity index (χ4n) is 11.4. The van der Waals surface area contributed by atoms with Gasteiger partial charge >= 0.3 is 6.01 Å². The minimum Gasteiger partial charge on any atom is -0.495 e. The van der Waals surface area contributed by atoms with Crippen molar-refractivity contribution in [1.82, 2.24) is 35.5 Å². The molecular weight excluding hydrogens is 918 g/mol. The fraction of sp³-hybridized carbons (Fsp3) is 0.491. The van der Waals surface area contributed by atoms with Gasteiger partial charge in [-0.1, -0.05) is 55.6 Å². The van der Waals surface area contributed by atoms with E-state index >= 15 is 0 Å². The van der Waals surface area contributed by atoms with E-state index in [-0.39, 0.29) is 36.0 Å². The number of rotatable bonds is 16. The van der Waals surface area contributed by atoms with Crippen LogP contribution in [-0.2, 0) is 17.8 Å². The van der Waals surface area contributed by atoms with E-state index in [9.17, 15) is 14.9 Å². The predicted molar refractivity (Wildman–Crippen MR) is 278 cm³/mol. The minimum absolute atomic E-state index is 0.0613. The largest absolute Gasteiger partial charge is 0.495 e. The van der Waals surface area contributed by atoms with Crippen LogP contribution in [0.25, 0.3) is 10.8 Å². The lowest BCUT2D eigenvalue weighted by molar-refractivity contribution is -0.120. The fourth-order valence-corrected chi connectivity index (χ4v) is 11.6. The van der Waals surface area contributed by atoms with E-state index in [1.165, 1.54) is 0 Å². The van der Waals surface area contributed by atoms with Crippen LogP contribution in [0.3, 0.4) is 0 Å². The second-order valence-corrected chi connectivity index (χ2v) is 19.8. The summed E-state index contributed by atoms with van der Waals surface area (Å²) in [5.74, 6) is 2.43. The van der Waals surface area contributed by atoms with Gasteiger partial charge in [-0.25, -0.2) is 4.98 Å². The van der Waals surface area contributed by atoms with Crippen molar-refractivity contribution in [2.45, 2.75) is 102 Å². The SMILES string of the molecule is CC[C@@H]1C(=O)N(C)c2cnc(Nc3ccc(C(=O)NCCCN4CCC[C@H]4COc4nc5c(c(N6CCN[C@@H](CC#N)C6)n4)CCN(c4cccc6cccc(Cl)c46)C5)cc3OC)nc2N1C1CCCC1. The maximum Gasteiger partial charge on any atom is 0.318 e. The van der Waals surface area contributed by atoms with Gasteiger partial charge in [-0.05, 0) is 87.2 Å². The molecule has 3 atom stereocenters. The Morgan fingerprint density at radius 1 is 0.986 bits per heavy atom. The number of likely N-dealkylation sites (N-methyl/N-ethyl adjacent to an activating group) is 1. The zero-order valence-electron chi connectivity index (χ0n) is 41.0. The Morgan fingerprint density at radius 2 is 1.83 bits per heavy atom. The number of halogens is 1. The molecule has 5 aromatic rings. The summed E-state index contributed by atoms with van der Waals surface area (Å²) in [7, 11) is 3.37. The summed E-state index contributed by atoms with van der Waals surface area (Å²) in [4.78, 5) is 57.6. The van der Waals surface area contributed by atoms with Gasteiger partial charge in [-0.15, -0.1) is 0 Å². The molecular formula is C53H64ClN13O4. The minimum atomic E-state index is -0.267. The summed E-state index contributed by atoms with van der Waals surface area (Å²) in [6.45, 7) is 8.41. The second-order valence-electron chi connectivity index (χ2n) is 19.4. The van der Waals surface area contributed by atoms with Crippen LogP contribution in [0.1, 0.15) is 86.3 Å². The summed E-state index contributed by atoms with van der Waals surface area (Å²) in [5, 5.41) is 22.3. The number of anilines is 6. The summed E-state index contributed by atoms with van der Waals surface area (Å²) in [6, 6.07) is 20.6. The van der Waals surface area contributed by atoms with Crippen molar-refractivity contribution in [3.8, 4) is 17.8 Å². The molecule has 2 aromatic heterocycles. The van der Waals surface area contributed by atoms with Gasteiger partial charge < -0.3 is 45.0 Å². The van der Waals surface area contributed by atoms with E-state index in [0.29, 0.717) is 73.7 Å². The molecule has 0 spiro atoms. The molecule has 5 aliphatic rings. The van der Waals surface area contributed by atoms with Crippen molar-refractivity contribution in [3.63, 3.8) is 0 Å². The normalized spacial score (nSPS) is 20.5. The number of hydrogen-bond donors (Lipinski definition) is 3. The van der Waals surface area contributed by atoms with Crippen LogP contribution < -0.4 is 45.0 Å². The maximum atomic E-state index is 13.5. The van der Waals surface area contributed by atoms with Crippen molar-refractivity contribution in [3.05, 3.63) is 82.6 Å². The Bertz CT molecular complexity index is 2800. The first kappa shape index (κ1) is 48.2. The molecule has 3 N–H and O–H groups in total. The van der Waals surface area contributed by atoms with Gasteiger partial charge in [-0.2, -0.15) is 20.2 Å². The van der Waals surface area contributed by atoms with Gasteiger partial charge in [0.2, 0.25) is 11.9 Å². The zero-order valence-corrected chi connectivity index (χ0v) is 41.8. The van der Waals surface area contributed by atoms with Crippen molar-refractivity contribution in [2.24, 2.45) is 0 Å². The molecule has 3 aromatic carbocycles. The molecule has 1 saturated carbocycles. The van der Waals surface area contributed by atoms with Crippen LogP contribution in [-0.4, -0.2) is 127 Å². The molecule has 2 saturated heterocycles. The third-order valence-electron chi connectivity index (χ3n) is 15.0. The quantitative estimate of drug-likeness (QED) is 0.0842. The van der Waals surface area contributed by atoms with Gasteiger partial charge in [0, 0.05) is 86.6 Å². The van der Waals surface area contributed by atoms with Crippen molar-refractivity contribution < 1.29 is 19.1 Å². The number of likely N-dealkylation sites (tertiary alicyclic amines) is 1. The number of fused-ring (bicyclic) bond motifs is 3. The monoisotopic (exact) mass is 981 g/mol. The van der Waals surface area contributed by atoms with Gasteiger partial charge in [-0.3, -0.25) is 14.5 Å². The van der Waals surface area contributed by atoms with Crippen LogP contribution in [0, 0.1) is 11.3 Å². The molecule has 372 valence electrons. The Balaban J connectivity index is 0.766. The molecule has 17 nitrogen and oxygen atoms in total. The number of nitrogens with zero attached hydrogens (tertiary/aromatic N) is 10.